The summed E-state index contributed by atoms with van der Waals surface area (Å²) < 4.78 is 49.5. The Morgan fingerprint density at radius 3 is 1.55 bits per heavy atom. The maximum atomic E-state index is 9.90. The van der Waals surface area contributed by atoms with Crippen molar-refractivity contribution in [2.75, 3.05) is 0 Å². The quantitative estimate of drug-likeness (QED) is 0.111. The summed E-state index contributed by atoms with van der Waals surface area (Å²) in [7, 11) is -2.97. The van der Waals surface area contributed by atoms with Crippen molar-refractivity contribution in [1.82, 2.24) is 0 Å². The van der Waals surface area contributed by atoms with Gasteiger partial charge in [0.05, 0.1) is 41.7 Å². The zero-order valence-electron chi connectivity index (χ0n) is 41.0. The molecule has 0 saturated heterocycles. The lowest BCUT2D eigenvalue weighted by Crippen LogP contribution is -2.30. The lowest BCUT2D eigenvalue weighted by atomic mass is 9.76. The van der Waals surface area contributed by atoms with Gasteiger partial charge >= 0.3 is 21.4 Å². The Kier molecular flexibility index (Phi) is 13.5. The van der Waals surface area contributed by atoms with E-state index in [1.165, 1.54) is 0 Å². The van der Waals surface area contributed by atoms with Crippen molar-refractivity contribution in [1.29, 1.82) is 0 Å². The van der Waals surface area contributed by atoms with Crippen LogP contribution in [0.2, 0.25) is 0 Å². The second-order valence-corrected chi connectivity index (χ2v) is 16.9. The van der Waals surface area contributed by atoms with Gasteiger partial charge in [0, 0.05) is 0 Å². The van der Waals surface area contributed by atoms with E-state index in [-0.39, 0.29) is 6.10 Å². The second-order valence-electron chi connectivity index (χ2n) is 16.9. The number of nitrogens with zero attached hydrogens (tertiary/aromatic N) is 3. The van der Waals surface area contributed by atoms with E-state index in [1.807, 2.05) is 112 Å². The maximum absolute atomic E-state index is 9.90. The zero-order valence-corrected chi connectivity index (χ0v) is 39.0. The molecule has 6 aromatic rings. The Morgan fingerprint density at radius 1 is 0.522 bits per heavy atom. The lowest BCUT2D eigenvalue weighted by Gasteiger charge is -2.16. The molecule has 3 aliphatic rings. The number of rotatable bonds is 6. The number of ether oxygens (including phenoxy) is 3. The molecule has 0 spiro atoms. The minimum atomic E-state index is -1.05. The maximum Gasteiger partial charge on any atom is 0.492 e. The molecule has 0 amide bonds. The molecule has 3 unspecified atom stereocenters. The number of hydrogen-bond donors (Lipinski definition) is 3. The first-order chi connectivity index (χ1) is 32.7. The van der Waals surface area contributed by atoms with E-state index in [1.54, 1.807) is 30.3 Å². The van der Waals surface area contributed by atoms with E-state index in [2.05, 4.69) is 14.5 Å². The van der Waals surface area contributed by atoms with E-state index < -0.39 is 34.5 Å². The summed E-state index contributed by atoms with van der Waals surface area (Å²) in [6.07, 6.45) is -0.157. The summed E-state index contributed by atoms with van der Waals surface area (Å²) >= 11 is 0. The highest BCUT2D eigenvalue weighted by Crippen LogP contribution is 2.38. The van der Waals surface area contributed by atoms with Crippen molar-refractivity contribution in [3.05, 3.63) is 174 Å². The summed E-state index contributed by atoms with van der Waals surface area (Å²) in [5, 5.41) is 29.5. The van der Waals surface area contributed by atoms with Crippen molar-refractivity contribution in [2.45, 2.75) is 88.5 Å². The van der Waals surface area contributed by atoms with Crippen molar-refractivity contribution in [2.24, 2.45) is 0 Å². The molecular formula is C52H50B3N3O9. The predicted octanol–water partition coefficient (Wildman–Crippen LogP) is 10.1. The molecule has 6 aromatic carbocycles. The van der Waals surface area contributed by atoms with Crippen molar-refractivity contribution < 1.29 is 46.0 Å². The monoisotopic (exact) mass is 895 g/mol. The molecule has 0 bridgehead atoms. The molecule has 3 atom stereocenters. The SMILES string of the molecule is [2H]C1OB(O)c2c(C)cc(Oc3cc(C)c([N+]#[C-])cc3C)cc21.[2H]C1OB(O)c2cc(C)c(Oc3cc(C)c([N+]#[C-])cc3C)cc21.[C-]#[N+]c1cc(C)c(Oc2ccc3c(c2C)C(C)OB3O)cc1C. The first kappa shape index (κ1) is 45.3. The fourth-order valence-electron chi connectivity index (χ4n) is 8.16. The van der Waals surface area contributed by atoms with Gasteiger partial charge in [0.15, 0.2) is 17.1 Å². The largest absolute Gasteiger partial charge is 0.492 e. The van der Waals surface area contributed by atoms with Gasteiger partial charge in [-0.1, -0.05) is 12.1 Å². The molecule has 3 heterocycles. The topological polar surface area (TPSA) is 129 Å². The normalized spacial score (nSPS) is 16.7. The fraction of sp³-hybridized carbons (Fsp3) is 0.250. The molecular weight excluding hydrogens is 843 g/mol. The average Bonchev–Trinajstić information content (AvgIpc) is 3.87. The molecule has 0 radical (unpaired) electrons. The van der Waals surface area contributed by atoms with Crippen LogP contribution >= 0.6 is 0 Å². The Labute approximate surface area is 396 Å². The van der Waals surface area contributed by atoms with Crippen molar-refractivity contribution in [3.8, 4) is 34.5 Å². The van der Waals surface area contributed by atoms with Crippen LogP contribution in [-0.2, 0) is 27.1 Å². The number of benzene rings is 6. The van der Waals surface area contributed by atoms with Crippen molar-refractivity contribution >= 4 is 54.8 Å². The Bertz CT molecular complexity index is 3080. The molecule has 9 rings (SSSR count). The number of hydrogen-bond acceptors (Lipinski definition) is 9. The minimum Gasteiger partial charge on any atom is -0.457 e. The standard InChI is InChI=1S/C18H18BNO3.2C17H16BNO3/c1-10-9-17(11(2)8-15(10)20-5)22-16-7-6-14-18(12(16)3)13(4)23-19(14)21;1-10-7-16(11(2)6-15(10)19-4)22-14-5-12(3)17-13(8-14)9-21-18(17)20;1-10-7-16(12(3)6-15(10)19-4)22-17-8-13-9-21-18(20)14(13)5-11(17)2/h6-9,13,21H,1-4H3;2*5-8,20H,9H2,1-3H3/i;2*9D. The van der Waals surface area contributed by atoms with E-state index in [4.69, 9.17) is 50.6 Å². The van der Waals surface area contributed by atoms with Crippen LogP contribution < -0.4 is 30.6 Å². The lowest BCUT2D eigenvalue weighted by molar-refractivity contribution is 0.208. The number of aryl methyl sites for hydroxylation is 8. The van der Waals surface area contributed by atoms with Gasteiger partial charge in [-0.3, -0.25) is 0 Å². The average molecular weight is 895 g/mol. The van der Waals surface area contributed by atoms with Gasteiger partial charge in [0.1, 0.15) is 34.5 Å². The molecule has 12 nitrogen and oxygen atoms in total. The molecule has 0 saturated carbocycles. The zero-order chi connectivity index (χ0) is 50.2. The molecule has 0 aromatic heterocycles. The third-order valence-corrected chi connectivity index (χ3v) is 11.9. The van der Waals surface area contributed by atoms with Gasteiger partial charge in [-0.05, 0) is 213 Å². The van der Waals surface area contributed by atoms with Gasteiger partial charge in [-0.15, -0.1) is 0 Å². The van der Waals surface area contributed by atoms with E-state index in [0.29, 0.717) is 62.1 Å². The molecule has 15 heteroatoms. The Balaban J connectivity index is 0.000000153. The molecule has 67 heavy (non-hydrogen) atoms. The molecule has 3 aliphatic heterocycles. The molecule has 3 N–H and O–H groups in total. The Hall–Kier alpha value is -6.86. The highest BCUT2D eigenvalue weighted by molar-refractivity contribution is 6.62. The van der Waals surface area contributed by atoms with Crippen LogP contribution in [0.1, 0.15) is 82.5 Å². The summed E-state index contributed by atoms with van der Waals surface area (Å²) in [5.41, 5.74) is 14.1. The van der Waals surface area contributed by atoms with Crippen LogP contribution in [0.15, 0.2) is 72.8 Å². The van der Waals surface area contributed by atoms with Gasteiger partial charge in [-0.25, -0.2) is 14.5 Å². The first-order valence-electron chi connectivity index (χ1n) is 22.7. The van der Waals surface area contributed by atoms with Gasteiger partial charge in [0.25, 0.3) is 0 Å². The van der Waals surface area contributed by atoms with Gasteiger partial charge < -0.3 is 43.2 Å². The van der Waals surface area contributed by atoms with E-state index in [0.717, 1.165) is 72.6 Å². The Morgan fingerprint density at radius 2 is 1.00 bits per heavy atom. The highest BCUT2D eigenvalue weighted by atomic mass is 16.5. The van der Waals surface area contributed by atoms with Crippen LogP contribution in [0.3, 0.4) is 0 Å². The smallest absolute Gasteiger partial charge is 0.457 e. The highest BCUT2D eigenvalue weighted by Gasteiger charge is 2.35. The summed E-state index contributed by atoms with van der Waals surface area (Å²) in [6.45, 7) is 38.7. The fourth-order valence-corrected chi connectivity index (χ4v) is 8.16. The van der Waals surface area contributed by atoms with Crippen LogP contribution in [0.5, 0.6) is 34.5 Å². The number of fused-ring (bicyclic) bond motifs is 3. The summed E-state index contributed by atoms with van der Waals surface area (Å²) in [6, 6.07) is 21.8. The molecule has 0 aliphatic carbocycles. The van der Waals surface area contributed by atoms with Crippen LogP contribution in [0, 0.1) is 82.0 Å². The van der Waals surface area contributed by atoms with E-state index >= 15 is 0 Å². The van der Waals surface area contributed by atoms with Gasteiger partial charge in [0.2, 0.25) is 0 Å². The van der Waals surface area contributed by atoms with Crippen LogP contribution in [0.4, 0.5) is 17.1 Å². The van der Waals surface area contributed by atoms with Crippen LogP contribution in [-0.4, -0.2) is 36.4 Å². The third-order valence-electron chi connectivity index (χ3n) is 11.9. The van der Waals surface area contributed by atoms with Gasteiger partial charge in [-0.2, -0.15) is 0 Å². The minimum absolute atomic E-state index is 0.157. The van der Waals surface area contributed by atoms with Crippen molar-refractivity contribution in [3.63, 3.8) is 0 Å². The predicted molar refractivity (Wildman–Crippen MR) is 262 cm³/mol. The molecule has 336 valence electrons. The van der Waals surface area contributed by atoms with Crippen LogP contribution in [0.25, 0.3) is 14.5 Å². The summed E-state index contributed by atoms with van der Waals surface area (Å²) in [5.74, 6) is 4.05. The molecule has 0 fully saturated rings. The first-order valence-corrected chi connectivity index (χ1v) is 21.5. The van der Waals surface area contributed by atoms with E-state index in [9.17, 15) is 15.1 Å². The third kappa shape index (κ3) is 10.1. The summed E-state index contributed by atoms with van der Waals surface area (Å²) in [4.78, 5) is 10.5. The second kappa shape index (κ2) is 19.9.